The van der Waals surface area contributed by atoms with Crippen LogP contribution in [0.4, 0.5) is 0 Å². The van der Waals surface area contributed by atoms with Crippen LogP contribution in [0.1, 0.15) is 29.6 Å². The van der Waals surface area contributed by atoms with Crippen LogP contribution in [-0.4, -0.2) is 10.2 Å². The molecule has 2 rings (SSSR count). The van der Waals surface area contributed by atoms with Crippen LogP contribution in [-0.2, 0) is 0 Å². The first-order valence-electron chi connectivity index (χ1n) is 6.47. The van der Waals surface area contributed by atoms with E-state index in [1.54, 1.807) is 6.07 Å². The second-order valence-corrected chi connectivity index (χ2v) is 6.20. The van der Waals surface area contributed by atoms with Crippen molar-refractivity contribution in [3.05, 3.63) is 56.5 Å². The number of hydrogen-bond acceptors (Lipinski definition) is 4. The highest BCUT2D eigenvalue weighted by molar-refractivity contribution is 6.36. The van der Waals surface area contributed by atoms with Gasteiger partial charge in [-0.15, -0.1) is 0 Å². The highest BCUT2D eigenvalue weighted by atomic mass is 35.5. The van der Waals surface area contributed by atoms with Crippen LogP contribution >= 0.6 is 34.8 Å². The molecule has 7 heteroatoms. The number of phenols is 2. The molecule has 4 nitrogen and oxygen atoms in total. The molecule has 2 aromatic carbocycles. The van der Waals surface area contributed by atoms with E-state index in [0.717, 1.165) is 0 Å². The minimum absolute atomic E-state index is 0.0307. The monoisotopic (exact) mass is 360 g/mol. The van der Waals surface area contributed by atoms with Crippen LogP contribution in [0.3, 0.4) is 0 Å². The average molecular weight is 362 g/mol. The Morgan fingerprint density at radius 1 is 0.818 bits per heavy atom. The van der Waals surface area contributed by atoms with Gasteiger partial charge in [0.05, 0.1) is 10.0 Å². The Morgan fingerprint density at radius 3 is 1.91 bits per heavy atom. The van der Waals surface area contributed by atoms with Crippen molar-refractivity contribution in [3.63, 3.8) is 0 Å². The van der Waals surface area contributed by atoms with Gasteiger partial charge in [-0.05, 0) is 36.2 Å². The van der Waals surface area contributed by atoms with Crippen LogP contribution in [0.5, 0.6) is 11.5 Å². The van der Waals surface area contributed by atoms with Crippen molar-refractivity contribution in [1.82, 2.24) is 0 Å². The number of aromatic hydroxyl groups is 2. The van der Waals surface area contributed by atoms with Crippen LogP contribution < -0.4 is 11.5 Å². The Balaban J connectivity index is 2.23. The Labute approximate surface area is 143 Å². The quantitative estimate of drug-likeness (QED) is 0.658. The molecule has 2 unspecified atom stereocenters. The number of rotatable bonds is 4. The Hall–Kier alpha value is -1.17. The molecular formula is C15H15Cl3N2O2. The average Bonchev–Trinajstić information content (AvgIpc) is 2.36. The summed E-state index contributed by atoms with van der Waals surface area (Å²) in [5.74, 6) is 0.0340. The van der Waals surface area contributed by atoms with Gasteiger partial charge in [0, 0.05) is 22.7 Å². The summed E-state index contributed by atoms with van der Waals surface area (Å²) < 4.78 is 0. The third-order valence-electron chi connectivity index (χ3n) is 3.33. The fourth-order valence-corrected chi connectivity index (χ4v) is 3.33. The standard InChI is InChI=1S/C15H15Cl3N2O2/c16-10-3-7(21)1-2-9(10)13(19)6-14(20)15-11(17)4-8(22)5-12(15)18/h1-5,13-14,21-22H,6,19-20H2. The second kappa shape index (κ2) is 6.94. The summed E-state index contributed by atoms with van der Waals surface area (Å²) in [5, 5.41) is 19.7. The van der Waals surface area contributed by atoms with E-state index in [4.69, 9.17) is 46.3 Å². The van der Waals surface area contributed by atoms with E-state index in [1.807, 2.05) is 0 Å². The molecule has 0 saturated carbocycles. The van der Waals surface area contributed by atoms with Gasteiger partial charge in [0.2, 0.25) is 0 Å². The molecule has 2 aromatic rings. The Kier molecular flexibility index (Phi) is 5.42. The fourth-order valence-electron chi connectivity index (χ4n) is 2.26. The van der Waals surface area contributed by atoms with Crippen molar-refractivity contribution >= 4 is 34.8 Å². The van der Waals surface area contributed by atoms with Crippen LogP contribution in [0.15, 0.2) is 30.3 Å². The largest absolute Gasteiger partial charge is 0.508 e. The topological polar surface area (TPSA) is 92.5 Å². The molecule has 0 aliphatic heterocycles. The molecule has 0 aliphatic rings. The first-order valence-corrected chi connectivity index (χ1v) is 7.60. The van der Waals surface area contributed by atoms with E-state index in [2.05, 4.69) is 0 Å². The van der Waals surface area contributed by atoms with E-state index in [1.165, 1.54) is 24.3 Å². The van der Waals surface area contributed by atoms with E-state index in [-0.39, 0.29) is 21.5 Å². The van der Waals surface area contributed by atoms with Gasteiger partial charge in [-0.3, -0.25) is 0 Å². The fraction of sp³-hybridized carbons (Fsp3) is 0.200. The van der Waals surface area contributed by atoms with Crippen LogP contribution in [0.2, 0.25) is 15.1 Å². The van der Waals surface area contributed by atoms with Crippen molar-refractivity contribution in [3.8, 4) is 11.5 Å². The predicted molar refractivity (Wildman–Crippen MR) is 89.7 cm³/mol. The lowest BCUT2D eigenvalue weighted by molar-refractivity contribution is 0.474. The number of benzene rings is 2. The van der Waals surface area contributed by atoms with Gasteiger partial charge in [0.25, 0.3) is 0 Å². The van der Waals surface area contributed by atoms with Gasteiger partial charge >= 0.3 is 0 Å². The number of hydrogen-bond donors (Lipinski definition) is 4. The SMILES string of the molecule is NC(CC(N)c1c(Cl)cc(O)cc1Cl)c1ccc(O)cc1Cl. The number of nitrogens with two attached hydrogens (primary N) is 2. The van der Waals surface area contributed by atoms with E-state index < -0.39 is 12.1 Å². The van der Waals surface area contributed by atoms with Crippen molar-refractivity contribution in [2.45, 2.75) is 18.5 Å². The summed E-state index contributed by atoms with van der Waals surface area (Å²) in [7, 11) is 0. The van der Waals surface area contributed by atoms with Crippen molar-refractivity contribution in [2.75, 3.05) is 0 Å². The highest BCUT2D eigenvalue weighted by Crippen LogP contribution is 2.37. The molecule has 0 amide bonds. The molecule has 0 bridgehead atoms. The Bertz CT molecular complexity index is 671. The predicted octanol–water partition coefficient (Wildman–Crippen LogP) is 4.15. The molecule has 0 saturated heterocycles. The van der Waals surface area contributed by atoms with Gasteiger partial charge < -0.3 is 21.7 Å². The summed E-state index contributed by atoms with van der Waals surface area (Å²) in [6.45, 7) is 0. The van der Waals surface area contributed by atoms with Gasteiger partial charge in [-0.2, -0.15) is 0 Å². The lowest BCUT2D eigenvalue weighted by atomic mass is 9.95. The number of halogens is 3. The van der Waals surface area contributed by atoms with Crippen LogP contribution in [0, 0.1) is 0 Å². The molecular weight excluding hydrogens is 347 g/mol. The summed E-state index contributed by atoms with van der Waals surface area (Å²) in [6.07, 6.45) is 0.342. The zero-order valence-corrected chi connectivity index (χ0v) is 13.7. The van der Waals surface area contributed by atoms with Gasteiger partial charge in [-0.25, -0.2) is 0 Å². The maximum Gasteiger partial charge on any atom is 0.118 e. The molecule has 118 valence electrons. The lowest BCUT2D eigenvalue weighted by Gasteiger charge is -2.21. The molecule has 22 heavy (non-hydrogen) atoms. The lowest BCUT2D eigenvalue weighted by Crippen LogP contribution is -2.20. The van der Waals surface area contributed by atoms with Crippen molar-refractivity contribution < 1.29 is 10.2 Å². The maximum absolute atomic E-state index is 9.45. The highest BCUT2D eigenvalue weighted by Gasteiger charge is 2.20. The summed E-state index contributed by atoms with van der Waals surface area (Å²) >= 11 is 18.2. The minimum Gasteiger partial charge on any atom is -0.508 e. The number of phenolic OH excluding ortho intramolecular Hbond substituents is 2. The zero-order valence-electron chi connectivity index (χ0n) is 11.4. The van der Waals surface area contributed by atoms with Crippen LogP contribution in [0.25, 0.3) is 0 Å². The van der Waals surface area contributed by atoms with E-state index in [9.17, 15) is 10.2 Å². The summed E-state index contributed by atoms with van der Waals surface area (Å²) in [6, 6.07) is 6.35. The maximum atomic E-state index is 9.45. The zero-order chi connectivity index (χ0) is 16.4. The molecule has 0 spiro atoms. The third kappa shape index (κ3) is 3.77. The third-order valence-corrected chi connectivity index (χ3v) is 4.28. The van der Waals surface area contributed by atoms with Crippen molar-refractivity contribution in [1.29, 1.82) is 0 Å². The molecule has 2 atom stereocenters. The van der Waals surface area contributed by atoms with E-state index >= 15 is 0 Å². The van der Waals surface area contributed by atoms with Crippen molar-refractivity contribution in [2.24, 2.45) is 11.5 Å². The molecule has 0 fully saturated rings. The Morgan fingerprint density at radius 2 is 1.36 bits per heavy atom. The molecule has 0 radical (unpaired) electrons. The van der Waals surface area contributed by atoms with E-state index in [0.29, 0.717) is 22.6 Å². The first kappa shape index (κ1) is 17.2. The van der Waals surface area contributed by atoms with Gasteiger partial charge in [-0.1, -0.05) is 40.9 Å². The van der Waals surface area contributed by atoms with Gasteiger partial charge in [0.1, 0.15) is 11.5 Å². The second-order valence-electron chi connectivity index (χ2n) is 4.98. The molecule has 6 N–H and O–H groups in total. The smallest absolute Gasteiger partial charge is 0.118 e. The molecule has 0 aliphatic carbocycles. The molecule has 0 heterocycles. The molecule has 0 aromatic heterocycles. The minimum atomic E-state index is -0.527. The summed E-state index contributed by atoms with van der Waals surface area (Å²) in [5.41, 5.74) is 13.5. The summed E-state index contributed by atoms with van der Waals surface area (Å²) in [4.78, 5) is 0. The first-order chi connectivity index (χ1) is 10.3. The normalized spacial score (nSPS) is 13.9. The van der Waals surface area contributed by atoms with Gasteiger partial charge in [0.15, 0.2) is 0 Å².